The fraction of sp³-hybridized carbons (Fsp3) is 0.161. The standard InChI is InChI=1S/C31H30NOP/c1-31(2,3)34(26-18-12-7-13-19-26)30(24-16-10-6-11-17-24)29(23-14-8-5-9-15-23)27-21-20-25(33-4)22-28(27)32-34/h5-22H,1-4H3/t34-/m1/s1. The van der Waals surface area contributed by atoms with Gasteiger partial charge in [0.05, 0.1) is 12.8 Å². The molecule has 5 rings (SSSR count). The lowest BCUT2D eigenvalue weighted by atomic mass is 9.94. The number of hydrogen-bond donors (Lipinski definition) is 0. The molecule has 1 heterocycles. The van der Waals surface area contributed by atoms with Crippen LogP contribution in [0, 0.1) is 0 Å². The normalized spacial score (nSPS) is 17.6. The maximum atomic E-state index is 5.73. The summed E-state index contributed by atoms with van der Waals surface area (Å²) in [6.45, 7) is 7.02. The van der Waals surface area contributed by atoms with Gasteiger partial charge in [0.15, 0.2) is 0 Å². The van der Waals surface area contributed by atoms with Gasteiger partial charge in [-0.25, -0.2) is 0 Å². The van der Waals surface area contributed by atoms with Gasteiger partial charge in [-0.2, -0.15) is 0 Å². The van der Waals surface area contributed by atoms with E-state index in [0.717, 1.165) is 17.0 Å². The molecule has 2 nitrogen and oxygen atoms in total. The Bertz CT molecular complexity index is 1400. The van der Waals surface area contributed by atoms with E-state index in [1.54, 1.807) is 7.11 Å². The van der Waals surface area contributed by atoms with Gasteiger partial charge in [0.2, 0.25) is 0 Å². The van der Waals surface area contributed by atoms with Gasteiger partial charge >= 0.3 is 0 Å². The lowest BCUT2D eigenvalue weighted by Crippen LogP contribution is -2.26. The van der Waals surface area contributed by atoms with Crippen LogP contribution in [0.5, 0.6) is 5.75 Å². The fourth-order valence-corrected chi connectivity index (χ4v) is 9.37. The molecule has 0 aliphatic carbocycles. The Labute approximate surface area is 203 Å². The molecular weight excluding hydrogens is 433 g/mol. The fourth-order valence-electron chi connectivity index (χ4n) is 4.96. The van der Waals surface area contributed by atoms with Gasteiger partial charge in [0.1, 0.15) is 5.75 Å². The van der Waals surface area contributed by atoms with Crippen molar-refractivity contribution in [3.63, 3.8) is 0 Å². The molecule has 4 aromatic rings. The summed E-state index contributed by atoms with van der Waals surface area (Å²) in [5.41, 5.74) is 5.88. The molecule has 0 amide bonds. The molecule has 0 saturated heterocycles. The van der Waals surface area contributed by atoms with Crippen LogP contribution in [-0.4, -0.2) is 12.3 Å². The second-order valence-corrected chi connectivity index (χ2v) is 13.4. The molecule has 3 heteroatoms. The minimum atomic E-state index is -2.29. The molecule has 34 heavy (non-hydrogen) atoms. The predicted molar refractivity (Wildman–Crippen MR) is 147 cm³/mol. The number of methoxy groups -OCH3 is 1. The van der Waals surface area contributed by atoms with Crippen LogP contribution in [-0.2, 0) is 0 Å². The first-order valence-electron chi connectivity index (χ1n) is 11.7. The van der Waals surface area contributed by atoms with Gasteiger partial charge in [-0.15, -0.1) is 0 Å². The van der Waals surface area contributed by atoms with Gasteiger partial charge in [0.25, 0.3) is 0 Å². The van der Waals surface area contributed by atoms with Gasteiger partial charge < -0.3 is 4.74 Å². The second-order valence-electron chi connectivity index (χ2n) is 9.58. The monoisotopic (exact) mass is 463 g/mol. The average molecular weight is 464 g/mol. The Morgan fingerprint density at radius 1 is 0.676 bits per heavy atom. The third kappa shape index (κ3) is 3.63. The number of rotatable bonds is 4. The molecule has 170 valence electrons. The first-order valence-corrected chi connectivity index (χ1v) is 13.4. The van der Waals surface area contributed by atoms with E-state index in [1.165, 1.54) is 27.3 Å². The number of fused-ring (bicyclic) bond motifs is 1. The zero-order valence-corrected chi connectivity index (χ0v) is 21.1. The Morgan fingerprint density at radius 3 is 1.79 bits per heavy atom. The summed E-state index contributed by atoms with van der Waals surface area (Å²) in [6.07, 6.45) is 0. The molecule has 0 saturated carbocycles. The average Bonchev–Trinajstić information content (AvgIpc) is 2.88. The van der Waals surface area contributed by atoms with Crippen molar-refractivity contribution in [3.8, 4) is 5.75 Å². The van der Waals surface area contributed by atoms with E-state index < -0.39 is 7.05 Å². The van der Waals surface area contributed by atoms with Crippen molar-refractivity contribution in [2.45, 2.75) is 25.9 Å². The first-order chi connectivity index (χ1) is 16.5. The predicted octanol–water partition coefficient (Wildman–Crippen LogP) is 8.58. The number of ether oxygens (including phenoxy) is 1. The SMILES string of the molecule is COc1ccc2c(c1)N=[P@@](c1ccccc1)(C(C)(C)C)C(c1ccccc1)=C2c1ccccc1. The molecule has 1 aliphatic heterocycles. The molecule has 1 atom stereocenters. The maximum absolute atomic E-state index is 5.73. The van der Waals surface area contributed by atoms with Gasteiger partial charge in [-0.1, -0.05) is 112 Å². The molecule has 0 bridgehead atoms. The molecule has 4 aromatic carbocycles. The van der Waals surface area contributed by atoms with Crippen LogP contribution >= 0.6 is 7.05 Å². The van der Waals surface area contributed by atoms with Crippen LogP contribution in [0.2, 0.25) is 0 Å². The highest BCUT2D eigenvalue weighted by atomic mass is 31.2. The molecule has 1 aliphatic rings. The van der Waals surface area contributed by atoms with E-state index in [2.05, 4.69) is 124 Å². The van der Waals surface area contributed by atoms with Crippen molar-refractivity contribution < 1.29 is 4.74 Å². The molecule has 0 aromatic heterocycles. The minimum absolute atomic E-state index is 0.111. The van der Waals surface area contributed by atoms with E-state index >= 15 is 0 Å². The van der Waals surface area contributed by atoms with Crippen LogP contribution < -0.4 is 10.0 Å². The molecule has 0 unspecified atom stereocenters. The van der Waals surface area contributed by atoms with Crippen LogP contribution in [0.25, 0.3) is 10.9 Å². The molecule has 0 radical (unpaired) electrons. The summed E-state index contributed by atoms with van der Waals surface area (Å²) in [6, 6.07) is 38.8. The third-order valence-corrected chi connectivity index (χ3v) is 11.1. The minimum Gasteiger partial charge on any atom is -0.497 e. The van der Waals surface area contributed by atoms with Gasteiger partial charge in [0, 0.05) is 34.7 Å². The zero-order chi connectivity index (χ0) is 23.8. The zero-order valence-electron chi connectivity index (χ0n) is 20.2. The lowest BCUT2D eigenvalue weighted by Gasteiger charge is -2.43. The smallest absolute Gasteiger partial charge is 0.121 e. The Kier molecular flexibility index (Phi) is 5.80. The Hall–Kier alpha value is -3.35. The number of nitrogens with zero attached hydrogens (tertiary/aromatic N) is 1. The van der Waals surface area contributed by atoms with Crippen LogP contribution in [0.1, 0.15) is 37.5 Å². The quantitative estimate of drug-likeness (QED) is 0.278. The van der Waals surface area contributed by atoms with E-state index in [-0.39, 0.29) is 5.16 Å². The second kappa shape index (κ2) is 8.78. The number of hydrogen-bond acceptors (Lipinski definition) is 2. The molecule has 0 N–H and O–H groups in total. The number of benzene rings is 4. The van der Waals surface area contributed by atoms with Crippen LogP contribution in [0.15, 0.2) is 114 Å². The third-order valence-electron chi connectivity index (χ3n) is 6.50. The van der Waals surface area contributed by atoms with Crippen molar-refractivity contribution in [2.75, 3.05) is 7.11 Å². The van der Waals surface area contributed by atoms with Gasteiger partial charge in [-0.05, 0) is 28.6 Å². The lowest BCUT2D eigenvalue weighted by molar-refractivity contribution is 0.415. The van der Waals surface area contributed by atoms with Crippen LogP contribution in [0.4, 0.5) is 5.69 Å². The van der Waals surface area contributed by atoms with E-state index in [4.69, 9.17) is 9.48 Å². The van der Waals surface area contributed by atoms with Crippen LogP contribution in [0.3, 0.4) is 0 Å². The topological polar surface area (TPSA) is 21.6 Å². The first kappa shape index (κ1) is 22.4. The van der Waals surface area contributed by atoms with E-state index in [1.807, 2.05) is 6.07 Å². The van der Waals surface area contributed by atoms with Crippen molar-refractivity contribution in [3.05, 3.63) is 126 Å². The maximum Gasteiger partial charge on any atom is 0.121 e. The summed E-state index contributed by atoms with van der Waals surface area (Å²) in [5, 5.41) is 2.53. The molecule has 0 fully saturated rings. The van der Waals surface area contributed by atoms with E-state index in [9.17, 15) is 0 Å². The Balaban J connectivity index is 2.04. The van der Waals surface area contributed by atoms with Crippen molar-refractivity contribution in [1.82, 2.24) is 0 Å². The highest BCUT2D eigenvalue weighted by molar-refractivity contribution is 7.85. The molecule has 0 spiro atoms. The summed E-state index contributed by atoms with van der Waals surface area (Å²) < 4.78 is 11.4. The highest BCUT2D eigenvalue weighted by Gasteiger charge is 2.43. The molecular formula is C31H30NOP. The highest BCUT2D eigenvalue weighted by Crippen LogP contribution is 2.74. The van der Waals surface area contributed by atoms with Crippen molar-refractivity contribution >= 4 is 28.9 Å². The summed E-state index contributed by atoms with van der Waals surface area (Å²) in [5.74, 6) is 0.832. The van der Waals surface area contributed by atoms with Gasteiger partial charge in [-0.3, -0.25) is 4.74 Å². The summed E-state index contributed by atoms with van der Waals surface area (Å²) in [7, 11) is -0.574. The summed E-state index contributed by atoms with van der Waals surface area (Å²) in [4.78, 5) is 0. The van der Waals surface area contributed by atoms with Crippen molar-refractivity contribution in [2.24, 2.45) is 4.74 Å². The van der Waals surface area contributed by atoms with E-state index in [0.29, 0.717) is 0 Å². The largest absolute Gasteiger partial charge is 0.497 e. The summed E-state index contributed by atoms with van der Waals surface area (Å²) >= 11 is 0. The van der Waals surface area contributed by atoms with Crippen molar-refractivity contribution in [1.29, 1.82) is 0 Å². The Morgan fingerprint density at radius 2 is 1.24 bits per heavy atom.